The molecule has 0 amide bonds. The zero-order valence-electron chi connectivity index (χ0n) is 9.07. The van der Waals surface area contributed by atoms with Crippen LogP contribution < -0.4 is 4.74 Å². The lowest BCUT2D eigenvalue weighted by atomic mass is 10.2. The van der Waals surface area contributed by atoms with Crippen LogP contribution in [0, 0.1) is 13.8 Å². The maximum Gasteiger partial charge on any atom is 0.239 e. The average Bonchev–Trinajstić information content (AvgIpc) is 2.24. The molecule has 82 valence electrons. The van der Waals surface area contributed by atoms with Crippen molar-refractivity contribution < 1.29 is 4.74 Å². The van der Waals surface area contributed by atoms with Crippen molar-refractivity contribution in [3.63, 3.8) is 0 Å². The second-order valence-electron chi connectivity index (χ2n) is 3.58. The molecule has 0 saturated heterocycles. The predicted molar refractivity (Wildman–Crippen MR) is 65.7 cm³/mol. The van der Waals surface area contributed by atoms with Crippen LogP contribution in [0.4, 0.5) is 0 Å². The summed E-state index contributed by atoms with van der Waals surface area (Å²) >= 11 is 3.44. The van der Waals surface area contributed by atoms with E-state index in [0.717, 1.165) is 21.3 Å². The Bertz CT molecular complexity index is 514. The molecular formula is C12H11BrN2O. The van der Waals surface area contributed by atoms with Gasteiger partial charge in [0.15, 0.2) is 0 Å². The Morgan fingerprint density at radius 1 is 1.19 bits per heavy atom. The van der Waals surface area contributed by atoms with Crippen LogP contribution in [0.15, 0.2) is 34.9 Å². The van der Waals surface area contributed by atoms with Gasteiger partial charge in [-0.25, -0.2) is 0 Å². The van der Waals surface area contributed by atoms with Crippen LogP contribution in [0.3, 0.4) is 0 Å². The van der Waals surface area contributed by atoms with Crippen molar-refractivity contribution in [3.05, 3.63) is 46.1 Å². The molecule has 2 rings (SSSR count). The van der Waals surface area contributed by atoms with Gasteiger partial charge >= 0.3 is 0 Å². The Morgan fingerprint density at radius 3 is 2.69 bits per heavy atom. The summed E-state index contributed by atoms with van der Waals surface area (Å²) in [6, 6.07) is 7.65. The number of ether oxygens (including phenoxy) is 1. The Hall–Kier alpha value is -1.42. The van der Waals surface area contributed by atoms with Crippen molar-refractivity contribution in [1.29, 1.82) is 0 Å². The van der Waals surface area contributed by atoms with Crippen LogP contribution in [0.5, 0.6) is 11.6 Å². The molecule has 1 heterocycles. The van der Waals surface area contributed by atoms with E-state index in [1.165, 1.54) is 0 Å². The van der Waals surface area contributed by atoms with E-state index in [0.29, 0.717) is 5.88 Å². The van der Waals surface area contributed by atoms with Gasteiger partial charge in [-0.05, 0) is 43.2 Å². The smallest absolute Gasteiger partial charge is 0.239 e. The number of halogens is 1. The van der Waals surface area contributed by atoms with Gasteiger partial charge in [0, 0.05) is 10.5 Å². The van der Waals surface area contributed by atoms with E-state index in [-0.39, 0.29) is 0 Å². The fourth-order valence-electron chi connectivity index (χ4n) is 1.29. The average molecular weight is 279 g/mol. The van der Waals surface area contributed by atoms with Gasteiger partial charge in [-0.3, -0.25) is 0 Å². The van der Waals surface area contributed by atoms with Gasteiger partial charge in [-0.1, -0.05) is 15.9 Å². The highest BCUT2D eigenvalue weighted by atomic mass is 79.9. The summed E-state index contributed by atoms with van der Waals surface area (Å²) in [7, 11) is 0. The van der Waals surface area contributed by atoms with E-state index in [4.69, 9.17) is 4.74 Å². The molecule has 0 unspecified atom stereocenters. The van der Waals surface area contributed by atoms with Gasteiger partial charge in [0.2, 0.25) is 5.88 Å². The van der Waals surface area contributed by atoms with E-state index in [2.05, 4.69) is 26.1 Å². The standard InChI is InChI=1S/C12H11BrN2O/c1-8-5-12(15-14-7-8)16-10-3-4-11(13)9(2)6-10/h3-7H,1-2H3. The van der Waals surface area contributed by atoms with Crippen molar-refractivity contribution >= 4 is 15.9 Å². The summed E-state index contributed by atoms with van der Waals surface area (Å²) in [5.41, 5.74) is 2.15. The number of nitrogens with zero attached hydrogens (tertiary/aromatic N) is 2. The van der Waals surface area contributed by atoms with Crippen molar-refractivity contribution in [2.45, 2.75) is 13.8 Å². The zero-order chi connectivity index (χ0) is 11.5. The number of rotatable bonds is 2. The van der Waals surface area contributed by atoms with Crippen LogP contribution >= 0.6 is 15.9 Å². The molecule has 0 spiro atoms. The minimum Gasteiger partial charge on any atom is -0.438 e. The van der Waals surface area contributed by atoms with Crippen LogP contribution in [0.25, 0.3) is 0 Å². The molecule has 0 fully saturated rings. The molecule has 0 N–H and O–H groups in total. The van der Waals surface area contributed by atoms with Crippen LogP contribution in [-0.4, -0.2) is 10.2 Å². The first-order chi connectivity index (χ1) is 7.65. The minimum absolute atomic E-state index is 0.515. The number of benzene rings is 1. The molecule has 0 bridgehead atoms. The lowest BCUT2D eigenvalue weighted by Gasteiger charge is -2.06. The summed E-state index contributed by atoms with van der Waals surface area (Å²) in [6.45, 7) is 3.97. The van der Waals surface area contributed by atoms with Crippen LogP contribution in [0.2, 0.25) is 0 Å². The molecule has 1 aromatic heterocycles. The lowest BCUT2D eigenvalue weighted by molar-refractivity contribution is 0.454. The fraction of sp³-hybridized carbons (Fsp3) is 0.167. The molecule has 0 saturated carbocycles. The van der Waals surface area contributed by atoms with Crippen molar-refractivity contribution in [3.8, 4) is 11.6 Å². The van der Waals surface area contributed by atoms with E-state index < -0.39 is 0 Å². The minimum atomic E-state index is 0.515. The molecular weight excluding hydrogens is 268 g/mol. The third kappa shape index (κ3) is 2.58. The summed E-state index contributed by atoms with van der Waals surface area (Å²) in [4.78, 5) is 0. The Kier molecular flexibility index (Phi) is 3.19. The molecule has 0 aliphatic carbocycles. The Balaban J connectivity index is 2.24. The van der Waals surface area contributed by atoms with Crippen LogP contribution in [0.1, 0.15) is 11.1 Å². The molecule has 2 aromatic rings. The van der Waals surface area contributed by atoms with Crippen molar-refractivity contribution in [2.24, 2.45) is 0 Å². The first kappa shape index (κ1) is 11.1. The summed E-state index contributed by atoms with van der Waals surface area (Å²) < 4.78 is 6.67. The SMILES string of the molecule is Cc1cnnc(Oc2ccc(Br)c(C)c2)c1. The lowest BCUT2D eigenvalue weighted by Crippen LogP contribution is -1.91. The van der Waals surface area contributed by atoms with Crippen LogP contribution in [-0.2, 0) is 0 Å². The quantitative estimate of drug-likeness (QED) is 0.841. The molecule has 1 aromatic carbocycles. The number of aromatic nitrogens is 2. The highest BCUT2D eigenvalue weighted by Gasteiger charge is 2.01. The Labute approximate surface area is 103 Å². The molecule has 0 aliphatic heterocycles. The summed E-state index contributed by atoms with van der Waals surface area (Å²) in [6.07, 6.45) is 1.69. The monoisotopic (exact) mass is 278 g/mol. The number of hydrogen-bond donors (Lipinski definition) is 0. The summed E-state index contributed by atoms with van der Waals surface area (Å²) in [5.74, 6) is 1.28. The van der Waals surface area contributed by atoms with Gasteiger partial charge in [-0.15, -0.1) is 5.10 Å². The third-order valence-corrected chi connectivity index (χ3v) is 3.01. The van der Waals surface area contributed by atoms with Gasteiger partial charge in [0.1, 0.15) is 5.75 Å². The highest BCUT2D eigenvalue weighted by molar-refractivity contribution is 9.10. The fourth-order valence-corrected chi connectivity index (χ4v) is 1.54. The van der Waals surface area contributed by atoms with Crippen molar-refractivity contribution in [2.75, 3.05) is 0 Å². The molecule has 3 nitrogen and oxygen atoms in total. The first-order valence-corrected chi connectivity index (χ1v) is 5.68. The largest absolute Gasteiger partial charge is 0.438 e. The maximum atomic E-state index is 5.60. The maximum absolute atomic E-state index is 5.60. The predicted octanol–water partition coefficient (Wildman–Crippen LogP) is 3.65. The number of aryl methyl sites for hydroxylation is 2. The molecule has 0 radical (unpaired) electrons. The van der Waals surface area contributed by atoms with E-state index >= 15 is 0 Å². The molecule has 16 heavy (non-hydrogen) atoms. The zero-order valence-corrected chi connectivity index (χ0v) is 10.7. The van der Waals surface area contributed by atoms with E-state index in [1.54, 1.807) is 6.20 Å². The normalized spacial score (nSPS) is 10.2. The number of hydrogen-bond acceptors (Lipinski definition) is 3. The second-order valence-corrected chi connectivity index (χ2v) is 4.44. The third-order valence-electron chi connectivity index (χ3n) is 2.12. The summed E-state index contributed by atoms with van der Waals surface area (Å²) in [5, 5.41) is 7.74. The van der Waals surface area contributed by atoms with Gasteiger partial charge < -0.3 is 4.74 Å². The molecule has 4 heteroatoms. The van der Waals surface area contributed by atoms with E-state index in [9.17, 15) is 0 Å². The molecule has 0 aliphatic rings. The topological polar surface area (TPSA) is 35.0 Å². The Morgan fingerprint density at radius 2 is 2.00 bits per heavy atom. The van der Waals surface area contributed by atoms with Gasteiger partial charge in [0.05, 0.1) is 6.20 Å². The molecule has 0 atom stereocenters. The highest BCUT2D eigenvalue weighted by Crippen LogP contribution is 2.24. The van der Waals surface area contributed by atoms with Crippen molar-refractivity contribution in [1.82, 2.24) is 10.2 Å². The second kappa shape index (κ2) is 4.61. The van der Waals surface area contributed by atoms with Gasteiger partial charge in [0.25, 0.3) is 0 Å². The van der Waals surface area contributed by atoms with E-state index in [1.807, 2.05) is 38.1 Å². The van der Waals surface area contributed by atoms with Gasteiger partial charge in [-0.2, -0.15) is 5.10 Å². The first-order valence-electron chi connectivity index (χ1n) is 4.88.